The van der Waals surface area contributed by atoms with E-state index in [2.05, 4.69) is 35.8 Å². The first-order valence-corrected chi connectivity index (χ1v) is 5.58. The Labute approximate surface area is 90.7 Å². The molecule has 1 unspecified atom stereocenters. The van der Waals surface area contributed by atoms with Crippen LogP contribution < -0.4 is 0 Å². The summed E-state index contributed by atoms with van der Waals surface area (Å²) < 4.78 is 5.23. The third-order valence-corrected chi connectivity index (χ3v) is 3.33. The van der Waals surface area contributed by atoms with E-state index in [4.69, 9.17) is 4.52 Å². The van der Waals surface area contributed by atoms with Gasteiger partial charge in [0.05, 0.1) is 6.04 Å². The highest BCUT2D eigenvalue weighted by molar-refractivity contribution is 4.98. The fourth-order valence-corrected chi connectivity index (χ4v) is 2.46. The van der Waals surface area contributed by atoms with Crippen molar-refractivity contribution in [3.63, 3.8) is 0 Å². The van der Waals surface area contributed by atoms with E-state index in [1.807, 2.05) is 6.92 Å². The van der Waals surface area contributed by atoms with Gasteiger partial charge in [0.15, 0.2) is 5.82 Å². The van der Waals surface area contributed by atoms with Gasteiger partial charge in [-0.1, -0.05) is 5.16 Å². The third kappa shape index (κ3) is 1.91. The van der Waals surface area contributed by atoms with Crippen molar-refractivity contribution in [1.29, 1.82) is 0 Å². The van der Waals surface area contributed by atoms with E-state index in [1.54, 1.807) is 0 Å². The Morgan fingerprint density at radius 3 is 2.67 bits per heavy atom. The van der Waals surface area contributed by atoms with Crippen molar-refractivity contribution >= 4 is 0 Å². The predicted molar refractivity (Wildman–Crippen MR) is 57.5 cm³/mol. The lowest BCUT2D eigenvalue weighted by Gasteiger charge is -2.34. The summed E-state index contributed by atoms with van der Waals surface area (Å²) in [5, 5.41) is 3.84. The molecule has 0 spiro atoms. The molecule has 1 saturated heterocycles. The highest BCUT2D eigenvalue weighted by Gasteiger charge is 2.37. The van der Waals surface area contributed by atoms with E-state index in [0.717, 1.165) is 12.4 Å². The second-order valence-corrected chi connectivity index (χ2v) is 4.97. The molecule has 4 heteroatoms. The molecule has 0 amide bonds. The Morgan fingerprint density at radius 1 is 1.47 bits per heavy atom. The second kappa shape index (κ2) is 3.59. The summed E-state index contributed by atoms with van der Waals surface area (Å²) in [4.78, 5) is 6.75. The molecule has 0 saturated carbocycles. The standard InChI is InChI=1S/C11H19N3O/c1-8(10-12-9(2)13-15-10)14-7-5-6-11(14,3)4/h8H,5-7H2,1-4H3. The van der Waals surface area contributed by atoms with Gasteiger partial charge >= 0.3 is 0 Å². The number of rotatable bonds is 2. The number of likely N-dealkylation sites (tertiary alicyclic amines) is 1. The van der Waals surface area contributed by atoms with Crippen LogP contribution in [-0.2, 0) is 0 Å². The first kappa shape index (κ1) is 10.6. The van der Waals surface area contributed by atoms with Crippen LogP contribution in [0.1, 0.15) is 51.4 Å². The maximum Gasteiger partial charge on any atom is 0.243 e. The third-order valence-electron chi connectivity index (χ3n) is 3.33. The van der Waals surface area contributed by atoms with Gasteiger partial charge in [-0.15, -0.1) is 0 Å². The molecular formula is C11H19N3O. The fraction of sp³-hybridized carbons (Fsp3) is 0.818. The van der Waals surface area contributed by atoms with Gasteiger partial charge in [0.1, 0.15) is 0 Å². The molecule has 0 aliphatic carbocycles. The van der Waals surface area contributed by atoms with Crippen LogP contribution in [0.15, 0.2) is 4.52 Å². The zero-order valence-corrected chi connectivity index (χ0v) is 9.95. The van der Waals surface area contributed by atoms with Gasteiger partial charge in [0, 0.05) is 5.54 Å². The summed E-state index contributed by atoms with van der Waals surface area (Å²) in [7, 11) is 0. The average Bonchev–Trinajstić information content (AvgIpc) is 2.70. The van der Waals surface area contributed by atoms with E-state index >= 15 is 0 Å². The number of nitrogens with zero attached hydrogens (tertiary/aromatic N) is 3. The zero-order valence-electron chi connectivity index (χ0n) is 9.95. The van der Waals surface area contributed by atoms with Gasteiger partial charge in [0.2, 0.25) is 5.89 Å². The largest absolute Gasteiger partial charge is 0.338 e. The van der Waals surface area contributed by atoms with E-state index in [1.165, 1.54) is 12.8 Å². The molecule has 1 aromatic heterocycles. The van der Waals surface area contributed by atoms with Crippen molar-refractivity contribution in [3.05, 3.63) is 11.7 Å². The Morgan fingerprint density at radius 2 is 2.20 bits per heavy atom. The minimum absolute atomic E-state index is 0.226. The van der Waals surface area contributed by atoms with Crippen molar-refractivity contribution in [2.45, 2.75) is 52.1 Å². The smallest absolute Gasteiger partial charge is 0.243 e. The number of hydrogen-bond acceptors (Lipinski definition) is 4. The lowest BCUT2D eigenvalue weighted by molar-refractivity contribution is 0.103. The van der Waals surface area contributed by atoms with Crippen LogP contribution in [0.3, 0.4) is 0 Å². The van der Waals surface area contributed by atoms with Gasteiger partial charge in [-0.2, -0.15) is 4.98 Å². The van der Waals surface area contributed by atoms with Crippen LogP contribution in [0, 0.1) is 6.92 Å². The predicted octanol–water partition coefficient (Wildman–Crippen LogP) is 2.31. The Bertz CT molecular complexity index is 345. The fourth-order valence-electron chi connectivity index (χ4n) is 2.46. The average molecular weight is 209 g/mol. The molecule has 1 fully saturated rings. The molecule has 0 aromatic carbocycles. The van der Waals surface area contributed by atoms with Crippen LogP contribution in [0.5, 0.6) is 0 Å². The van der Waals surface area contributed by atoms with E-state index in [-0.39, 0.29) is 11.6 Å². The van der Waals surface area contributed by atoms with Gasteiger partial charge < -0.3 is 4.52 Å². The van der Waals surface area contributed by atoms with Crippen molar-refractivity contribution in [2.24, 2.45) is 0 Å². The molecule has 4 nitrogen and oxygen atoms in total. The lowest BCUT2D eigenvalue weighted by Crippen LogP contribution is -2.39. The normalized spacial score (nSPS) is 23.2. The molecule has 15 heavy (non-hydrogen) atoms. The van der Waals surface area contributed by atoms with Crippen molar-refractivity contribution in [2.75, 3.05) is 6.54 Å². The van der Waals surface area contributed by atoms with E-state index in [9.17, 15) is 0 Å². The molecule has 2 heterocycles. The second-order valence-electron chi connectivity index (χ2n) is 4.97. The SMILES string of the molecule is Cc1noc(C(C)N2CCCC2(C)C)n1. The number of aromatic nitrogens is 2. The first-order chi connectivity index (χ1) is 7.00. The highest BCUT2D eigenvalue weighted by atomic mass is 16.5. The Hall–Kier alpha value is -0.900. The molecule has 1 aromatic rings. The summed E-state index contributed by atoms with van der Waals surface area (Å²) in [6.45, 7) is 9.67. The van der Waals surface area contributed by atoms with Gasteiger partial charge in [0.25, 0.3) is 0 Å². The molecule has 1 atom stereocenters. The molecule has 2 rings (SSSR count). The molecule has 0 radical (unpaired) electrons. The van der Waals surface area contributed by atoms with Crippen LogP contribution in [0.25, 0.3) is 0 Å². The maximum absolute atomic E-state index is 5.23. The highest BCUT2D eigenvalue weighted by Crippen LogP contribution is 2.35. The van der Waals surface area contributed by atoms with Crippen molar-refractivity contribution in [1.82, 2.24) is 15.0 Å². The topological polar surface area (TPSA) is 42.2 Å². The van der Waals surface area contributed by atoms with E-state index in [0.29, 0.717) is 5.82 Å². The summed E-state index contributed by atoms with van der Waals surface area (Å²) in [5.41, 5.74) is 0.252. The van der Waals surface area contributed by atoms with Crippen LogP contribution in [0.4, 0.5) is 0 Å². The minimum atomic E-state index is 0.226. The summed E-state index contributed by atoms with van der Waals surface area (Å²) in [6, 6.07) is 0.226. The van der Waals surface area contributed by atoms with Gasteiger partial charge in [-0.3, -0.25) is 4.90 Å². The monoisotopic (exact) mass is 209 g/mol. The molecule has 0 bridgehead atoms. The number of aryl methyl sites for hydroxylation is 1. The molecule has 1 aliphatic heterocycles. The summed E-state index contributed by atoms with van der Waals surface area (Å²) in [6.07, 6.45) is 2.49. The minimum Gasteiger partial charge on any atom is -0.338 e. The maximum atomic E-state index is 5.23. The summed E-state index contributed by atoms with van der Waals surface area (Å²) in [5.74, 6) is 1.45. The van der Waals surface area contributed by atoms with Crippen LogP contribution in [0.2, 0.25) is 0 Å². The van der Waals surface area contributed by atoms with Crippen LogP contribution in [-0.4, -0.2) is 27.1 Å². The Balaban J connectivity index is 2.17. The number of hydrogen-bond donors (Lipinski definition) is 0. The van der Waals surface area contributed by atoms with Crippen molar-refractivity contribution < 1.29 is 4.52 Å². The molecule has 1 aliphatic rings. The Kier molecular flexibility index (Phi) is 2.54. The molecule has 0 N–H and O–H groups in total. The zero-order chi connectivity index (χ0) is 11.1. The lowest BCUT2D eigenvalue weighted by atomic mass is 10.0. The van der Waals surface area contributed by atoms with Gasteiger partial charge in [-0.25, -0.2) is 0 Å². The van der Waals surface area contributed by atoms with Gasteiger partial charge in [-0.05, 0) is 47.1 Å². The molecule has 84 valence electrons. The quantitative estimate of drug-likeness (QED) is 0.749. The summed E-state index contributed by atoms with van der Waals surface area (Å²) >= 11 is 0. The molecular weight excluding hydrogens is 190 g/mol. The first-order valence-electron chi connectivity index (χ1n) is 5.58. The van der Waals surface area contributed by atoms with E-state index < -0.39 is 0 Å². The van der Waals surface area contributed by atoms with Crippen LogP contribution >= 0.6 is 0 Å². The van der Waals surface area contributed by atoms with Crippen molar-refractivity contribution in [3.8, 4) is 0 Å².